The van der Waals surface area contributed by atoms with Gasteiger partial charge in [0.2, 0.25) is 0 Å². The van der Waals surface area contributed by atoms with Crippen molar-refractivity contribution in [2.24, 2.45) is 5.73 Å². The van der Waals surface area contributed by atoms with Gasteiger partial charge in [-0.2, -0.15) is 0 Å². The molecule has 16 heavy (non-hydrogen) atoms. The molecule has 2 N–H and O–H groups in total. The van der Waals surface area contributed by atoms with Gasteiger partial charge in [0.15, 0.2) is 0 Å². The second kappa shape index (κ2) is 5.08. The van der Waals surface area contributed by atoms with E-state index in [-0.39, 0.29) is 0 Å². The van der Waals surface area contributed by atoms with Gasteiger partial charge >= 0.3 is 0 Å². The fourth-order valence-corrected chi connectivity index (χ4v) is 3.00. The lowest BCUT2D eigenvalue weighted by molar-refractivity contribution is 1.01. The number of halogens is 1. The third kappa shape index (κ3) is 2.70. The number of nitrogens with two attached hydrogens (primary N) is 1. The zero-order valence-corrected chi connectivity index (χ0v) is 11.4. The Morgan fingerprint density at radius 1 is 1.44 bits per heavy atom. The number of nitrogens with zero attached hydrogens (tertiary/aromatic N) is 1. The first-order chi connectivity index (χ1) is 7.69. The van der Waals surface area contributed by atoms with E-state index in [1.54, 1.807) is 11.3 Å². The topological polar surface area (TPSA) is 38.9 Å². The van der Waals surface area contributed by atoms with Crippen LogP contribution in [0, 0.1) is 6.92 Å². The summed E-state index contributed by atoms with van der Waals surface area (Å²) >= 11 is 5.19. The monoisotopic (exact) mass is 296 g/mol. The maximum absolute atomic E-state index is 5.59. The molecule has 84 valence electrons. The molecule has 0 aliphatic carbocycles. The summed E-state index contributed by atoms with van der Waals surface area (Å²) in [4.78, 5) is 5.73. The van der Waals surface area contributed by atoms with Crippen molar-refractivity contribution < 1.29 is 0 Å². The van der Waals surface area contributed by atoms with E-state index in [0.717, 1.165) is 21.6 Å². The number of thiazole rings is 1. The van der Waals surface area contributed by atoms with Gasteiger partial charge in [-0.3, -0.25) is 0 Å². The highest BCUT2D eigenvalue weighted by Gasteiger charge is 2.07. The minimum Gasteiger partial charge on any atom is -0.325 e. The van der Waals surface area contributed by atoms with Gasteiger partial charge in [-0.15, -0.1) is 11.3 Å². The van der Waals surface area contributed by atoms with E-state index in [9.17, 15) is 0 Å². The Kier molecular flexibility index (Phi) is 3.74. The highest BCUT2D eigenvalue weighted by molar-refractivity contribution is 9.10. The van der Waals surface area contributed by atoms with Crippen LogP contribution < -0.4 is 5.73 Å². The lowest BCUT2D eigenvalue weighted by Gasteiger charge is -2.00. The summed E-state index contributed by atoms with van der Waals surface area (Å²) in [6, 6.07) is 8.36. The Morgan fingerprint density at radius 3 is 2.88 bits per heavy atom. The second-order valence-corrected chi connectivity index (χ2v) is 5.71. The lowest BCUT2D eigenvalue weighted by Crippen LogP contribution is -1.94. The van der Waals surface area contributed by atoms with Gasteiger partial charge in [0.1, 0.15) is 5.01 Å². The maximum atomic E-state index is 5.59. The van der Waals surface area contributed by atoms with Crippen molar-refractivity contribution in [1.29, 1.82) is 0 Å². The Balaban J connectivity index is 2.23. The molecule has 0 saturated heterocycles. The van der Waals surface area contributed by atoms with E-state index < -0.39 is 0 Å². The Labute approximate surface area is 108 Å². The zero-order valence-electron chi connectivity index (χ0n) is 9.03. The van der Waals surface area contributed by atoms with Gasteiger partial charge in [0.05, 0.1) is 5.69 Å². The molecule has 1 aromatic carbocycles. The zero-order chi connectivity index (χ0) is 11.5. The average Bonchev–Trinajstić information content (AvgIpc) is 2.60. The average molecular weight is 297 g/mol. The molecule has 2 aromatic rings. The molecule has 0 bridgehead atoms. The SMILES string of the molecule is Cc1nc(CN)sc1Cc1cccc(Br)c1. The van der Waals surface area contributed by atoms with E-state index in [2.05, 4.69) is 39.1 Å². The summed E-state index contributed by atoms with van der Waals surface area (Å²) in [5.74, 6) is 0. The minimum absolute atomic E-state index is 0.532. The second-order valence-electron chi connectivity index (χ2n) is 3.63. The molecule has 0 spiro atoms. The molecule has 2 nitrogen and oxygen atoms in total. The van der Waals surface area contributed by atoms with Crippen LogP contribution in [0.4, 0.5) is 0 Å². The predicted molar refractivity (Wildman–Crippen MR) is 71.7 cm³/mol. The fraction of sp³-hybridized carbons (Fsp3) is 0.250. The first kappa shape index (κ1) is 11.8. The molecule has 4 heteroatoms. The van der Waals surface area contributed by atoms with E-state index >= 15 is 0 Å². The van der Waals surface area contributed by atoms with Crippen LogP contribution in [0.5, 0.6) is 0 Å². The summed E-state index contributed by atoms with van der Waals surface area (Å²) in [5, 5.41) is 1.02. The van der Waals surface area contributed by atoms with Crippen molar-refractivity contribution >= 4 is 27.3 Å². The third-order valence-electron chi connectivity index (χ3n) is 2.37. The van der Waals surface area contributed by atoms with Crippen LogP contribution in [-0.2, 0) is 13.0 Å². The number of hydrogen-bond donors (Lipinski definition) is 1. The standard InChI is InChI=1S/C12H13BrN2S/c1-8-11(16-12(7-14)15-8)6-9-3-2-4-10(13)5-9/h2-5H,6-7,14H2,1H3. The molecule has 0 atom stereocenters. The summed E-state index contributed by atoms with van der Waals surface area (Å²) in [7, 11) is 0. The smallest absolute Gasteiger partial charge is 0.107 e. The highest BCUT2D eigenvalue weighted by atomic mass is 79.9. The normalized spacial score (nSPS) is 10.7. The van der Waals surface area contributed by atoms with Gasteiger partial charge in [0, 0.05) is 22.3 Å². The van der Waals surface area contributed by atoms with Crippen LogP contribution in [0.2, 0.25) is 0 Å². The highest BCUT2D eigenvalue weighted by Crippen LogP contribution is 2.22. The summed E-state index contributed by atoms with van der Waals surface area (Å²) in [5.41, 5.74) is 7.99. The van der Waals surface area contributed by atoms with Crippen LogP contribution in [0.25, 0.3) is 0 Å². The van der Waals surface area contributed by atoms with Crippen LogP contribution in [0.15, 0.2) is 28.7 Å². The Morgan fingerprint density at radius 2 is 2.25 bits per heavy atom. The van der Waals surface area contributed by atoms with Gasteiger partial charge < -0.3 is 5.73 Å². The molecule has 1 heterocycles. The molecular formula is C12H13BrN2S. The van der Waals surface area contributed by atoms with Gasteiger partial charge in [-0.1, -0.05) is 28.1 Å². The largest absolute Gasteiger partial charge is 0.325 e. The number of benzene rings is 1. The quantitative estimate of drug-likeness (QED) is 0.944. The lowest BCUT2D eigenvalue weighted by atomic mass is 10.1. The summed E-state index contributed by atoms with van der Waals surface area (Å²) in [6.07, 6.45) is 0.933. The Hall–Kier alpha value is -0.710. The Bertz CT molecular complexity index is 494. The van der Waals surface area contributed by atoms with E-state index in [4.69, 9.17) is 5.73 Å². The van der Waals surface area contributed by atoms with Crippen LogP contribution in [0.3, 0.4) is 0 Å². The van der Waals surface area contributed by atoms with Crippen molar-refractivity contribution in [2.45, 2.75) is 19.9 Å². The first-order valence-corrected chi connectivity index (χ1v) is 6.69. The summed E-state index contributed by atoms with van der Waals surface area (Å²) in [6.45, 7) is 2.58. The number of hydrogen-bond acceptors (Lipinski definition) is 3. The van der Waals surface area contributed by atoms with Crippen molar-refractivity contribution in [1.82, 2.24) is 4.98 Å². The molecule has 0 aliphatic heterocycles. The number of aryl methyl sites for hydroxylation is 1. The molecule has 0 amide bonds. The minimum atomic E-state index is 0.532. The van der Waals surface area contributed by atoms with E-state index in [1.807, 2.05) is 13.0 Å². The van der Waals surface area contributed by atoms with E-state index in [1.165, 1.54) is 10.4 Å². The third-order valence-corrected chi connectivity index (χ3v) is 4.04. The fourth-order valence-electron chi connectivity index (χ4n) is 1.57. The molecule has 0 fully saturated rings. The van der Waals surface area contributed by atoms with Crippen molar-refractivity contribution in [3.8, 4) is 0 Å². The number of rotatable bonds is 3. The maximum Gasteiger partial charge on any atom is 0.107 e. The number of aromatic nitrogens is 1. The van der Waals surface area contributed by atoms with Gasteiger partial charge in [0.25, 0.3) is 0 Å². The van der Waals surface area contributed by atoms with Gasteiger partial charge in [-0.25, -0.2) is 4.98 Å². The molecule has 1 aromatic heterocycles. The van der Waals surface area contributed by atoms with Crippen LogP contribution in [0.1, 0.15) is 21.1 Å². The first-order valence-electron chi connectivity index (χ1n) is 5.08. The van der Waals surface area contributed by atoms with E-state index in [0.29, 0.717) is 6.54 Å². The van der Waals surface area contributed by atoms with Crippen molar-refractivity contribution in [3.05, 3.63) is 49.9 Å². The molecule has 0 radical (unpaired) electrons. The van der Waals surface area contributed by atoms with Crippen molar-refractivity contribution in [3.63, 3.8) is 0 Å². The molecule has 0 saturated carbocycles. The molecule has 0 aliphatic rings. The molecule has 2 rings (SSSR count). The van der Waals surface area contributed by atoms with Crippen LogP contribution >= 0.6 is 27.3 Å². The predicted octanol–water partition coefficient (Wildman–Crippen LogP) is 3.26. The van der Waals surface area contributed by atoms with Gasteiger partial charge in [-0.05, 0) is 24.6 Å². The molecule has 0 unspecified atom stereocenters. The molecular weight excluding hydrogens is 284 g/mol. The van der Waals surface area contributed by atoms with Crippen molar-refractivity contribution in [2.75, 3.05) is 0 Å². The van der Waals surface area contributed by atoms with Crippen LogP contribution in [-0.4, -0.2) is 4.98 Å². The summed E-state index contributed by atoms with van der Waals surface area (Å²) < 4.78 is 1.12.